The number of rotatable bonds is 5. The van der Waals surface area contributed by atoms with E-state index >= 15 is 0 Å². The van der Waals surface area contributed by atoms with Gasteiger partial charge >= 0.3 is 0 Å². The molecule has 1 aromatic carbocycles. The number of hydrogen-bond acceptors (Lipinski definition) is 5. The number of aromatic amines is 1. The average molecular weight is 349 g/mol. The Balaban J connectivity index is 1.60. The minimum Gasteiger partial charge on any atom is -0.494 e. The highest BCUT2D eigenvalue weighted by Crippen LogP contribution is 2.22. The molecule has 0 saturated carbocycles. The largest absolute Gasteiger partial charge is 0.494 e. The first-order chi connectivity index (χ1) is 11.7. The van der Waals surface area contributed by atoms with Crippen LogP contribution >= 0.6 is 11.6 Å². The second-order valence-corrected chi connectivity index (χ2v) is 6.12. The summed E-state index contributed by atoms with van der Waals surface area (Å²) < 4.78 is 5.55. The van der Waals surface area contributed by atoms with Gasteiger partial charge in [0.15, 0.2) is 0 Å². The van der Waals surface area contributed by atoms with E-state index in [1.165, 1.54) is 5.56 Å². The fourth-order valence-electron chi connectivity index (χ4n) is 2.90. The molecular formula is C17H21ClN4O2. The molecule has 0 aliphatic carbocycles. The zero-order valence-corrected chi connectivity index (χ0v) is 14.4. The van der Waals surface area contributed by atoms with Crippen molar-refractivity contribution in [3.8, 4) is 5.75 Å². The van der Waals surface area contributed by atoms with Crippen molar-refractivity contribution >= 4 is 17.3 Å². The summed E-state index contributed by atoms with van der Waals surface area (Å²) >= 11 is 6.09. The highest BCUT2D eigenvalue weighted by Gasteiger charge is 2.20. The van der Waals surface area contributed by atoms with Gasteiger partial charge in [0.2, 0.25) is 0 Å². The maximum absolute atomic E-state index is 11.6. The highest BCUT2D eigenvalue weighted by atomic mass is 35.5. The molecular weight excluding hydrogens is 328 g/mol. The SMILES string of the molecule is CCOc1cccc(CN2CCN(c3cn[nH]c(=O)c3Cl)CC2)c1. The van der Waals surface area contributed by atoms with Gasteiger partial charge in [-0.2, -0.15) is 5.10 Å². The predicted octanol–water partition coefficient (Wildman–Crippen LogP) is 2.14. The molecule has 0 amide bonds. The predicted molar refractivity (Wildman–Crippen MR) is 95.0 cm³/mol. The molecule has 0 spiro atoms. The number of nitrogens with one attached hydrogen (secondary N) is 1. The van der Waals surface area contributed by atoms with E-state index in [1.807, 2.05) is 19.1 Å². The number of anilines is 1. The summed E-state index contributed by atoms with van der Waals surface area (Å²) in [6.07, 6.45) is 1.62. The summed E-state index contributed by atoms with van der Waals surface area (Å²) in [5.74, 6) is 0.912. The first-order valence-corrected chi connectivity index (χ1v) is 8.47. The number of hydrogen-bond donors (Lipinski definition) is 1. The third-order valence-corrected chi connectivity index (χ3v) is 4.47. The second-order valence-electron chi connectivity index (χ2n) is 5.74. The maximum Gasteiger partial charge on any atom is 0.285 e. The van der Waals surface area contributed by atoms with Gasteiger partial charge in [-0.25, -0.2) is 5.10 Å². The number of halogens is 1. The Morgan fingerprint density at radius 1 is 1.29 bits per heavy atom. The van der Waals surface area contributed by atoms with Gasteiger partial charge in [0.25, 0.3) is 5.56 Å². The first-order valence-electron chi connectivity index (χ1n) is 8.09. The summed E-state index contributed by atoms with van der Waals surface area (Å²) in [6, 6.07) is 8.21. The van der Waals surface area contributed by atoms with Crippen LogP contribution in [0.3, 0.4) is 0 Å². The molecule has 0 unspecified atom stereocenters. The van der Waals surface area contributed by atoms with Crippen LogP contribution in [0, 0.1) is 0 Å². The molecule has 6 nitrogen and oxygen atoms in total. The Labute approximate surface area is 146 Å². The fourth-order valence-corrected chi connectivity index (χ4v) is 3.11. The zero-order valence-electron chi connectivity index (χ0n) is 13.7. The molecule has 2 aromatic rings. The van der Waals surface area contributed by atoms with Crippen LogP contribution in [0.15, 0.2) is 35.3 Å². The van der Waals surface area contributed by atoms with Crippen molar-refractivity contribution in [3.05, 3.63) is 51.4 Å². The second kappa shape index (κ2) is 7.68. The smallest absolute Gasteiger partial charge is 0.285 e. The van der Waals surface area contributed by atoms with Crippen molar-refractivity contribution in [1.29, 1.82) is 0 Å². The van der Waals surface area contributed by atoms with E-state index in [4.69, 9.17) is 16.3 Å². The molecule has 2 heterocycles. The van der Waals surface area contributed by atoms with E-state index in [1.54, 1.807) is 6.20 Å². The molecule has 1 fully saturated rings. The third-order valence-electron chi connectivity index (χ3n) is 4.11. The Bertz CT molecular complexity index is 741. The molecule has 3 rings (SSSR count). The van der Waals surface area contributed by atoms with Crippen molar-refractivity contribution in [1.82, 2.24) is 15.1 Å². The van der Waals surface area contributed by atoms with E-state index in [0.717, 1.165) is 38.5 Å². The molecule has 0 atom stereocenters. The monoisotopic (exact) mass is 348 g/mol. The Kier molecular flexibility index (Phi) is 5.37. The number of piperazine rings is 1. The Hall–Kier alpha value is -2.05. The van der Waals surface area contributed by atoms with E-state index < -0.39 is 0 Å². The zero-order chi connectivity index (χ0) is 16.9. The van der Waals surface area contributed by atoms with Gasteiger partial charge < -0.3 is 9.64 Å². The van der Waals surface area contributed by atoms with Crippen LogP contribution in [0.1, 0.15) is 12.5 Å². The van der Waals surface area contributed by atoms with Gasteiger partial charge in [-0.05, 0) is 24.6 Å². The molecule has 1 aliphatic rings. The van der Waals surface area contributed by atoms with Crippen molar-refractivity contribution in [2.45, 2.75) is 13.5 Å². The summed E-state index contributed by atoms with van der Waals surface area (Å²) in [4.78, 5) is 16.1. The lowest BCUT2D eigenvalue weighted by Gasteiger charge is -2.36. The lowest BCUT2D eigenvalue weighted by Crippen LogP contribution is -2.46. The first kappa shape index (κ1) is 16.8. The van der Waals surface area contributed by atoms with Gasteiger partial charge in [0.05, 0.1) is 18.5 Å². The number of ether oxygens (including phenoxy) is 1. The Morgan fingerprint density at radius 2 is 2.08 bits per heavy atom. The van der Waals surface area contributed by atoms with Gasteiger partial charge in [-0.3, -0.25) is 9.69 Å². The van der Waals surface area contributed by atoms with E-state index in [9.17, 15) is 4.79 Å². The van der Waals surface area contributed by atoms with E-state index in [2.05, 4.69) is 32.1 Å². The molecule has 1 aliphatic heterocycles. The number of benzene rings is 1. The van der Waals surface area contributed by atoms with Crippen molar-refractivity contribution in [2.75, 3.05) is 37.7 Å². The number of H-pyrrole nitrogens is 1. The highest BCUT2D eigenvalue weighted by molar-refractivity contribution is 6.32. The van der Waals surface area contributed by atoms with E-state index in [0.29, 0.717) is 12.3 Å². The summed E-state index contributed by atoms with van der Waals surface area (Å²) in [5, 5.41) is 6.40. The van der Waals surface area contributed by atoms with Crippen LogP contribution in [-0.2, 0) is 6.54 Å². The molecule has 0 radical (unpaired) electrons. The van der Waals surface area contributed by atoms with Crippen molar-refractivity contribution in [2.24, 2.45) is 0 Å². The normalized spacial score (nSPS) is 15.5. The van der Waals surface area contributed by atoms with Crippen LogP contribution in [0.25, 0.3) is 0 Å². The molecule has 7 heteroatoms. The number of aromatic nitrogens is 2. The summed E-state index contributed by atoms with van der Waals surface area (Å²) in [7, 11) is 0. The topological polar surface area (TPSA) is 61.5 Å². The van der Waals surface area contributed by atoms with Gasteiger partial charge in [0, 0.05) is 32.7 Å². The minimum atomic E-state index is -0.343. The fraction of sp³-hybridized carbons (Fsp3) is 0.412. The lowest BCUT2D eigenvalue weighted by molar-refractivity contribution is 0.249. The van der Waals surface area contributed by atoms with Crippen molar-refractivity contribution in [3.63, 3.8) is 0 Å². The minimum absolute atomic E-state index is 0.211. The Morgan fingerprint density at radius 3 is 2.83 bits per heavy atom. The average Bonchev–Trinajstić information content (AvgIpc) is 2.59. The summed E-state index contributed by atoms with van der Waals surface area (Å²) in [5.41, 5.74) is 1.60. The maximum atomic E-state index is 11.6. The quantitative estimate of drug-likeness (QED) is 0.897. The third kappa shape index (κ3) is 3.88. The molecule has 0 bridgehead atoms. The van der Waals surface area contributed by atoms with Crippen LogP contribution in [0.5, 0.6) is 5.75 Å². The molecule has 1 saturated heterocycles. The molecule has 24 heavy (non-hydrogen) atoms. The summed E-state index contributed by atoms with van der Waals surface area (Å²) in [6.45, 7) is 6.99. The standard InChI is InChI=1S/C17H21ClN4O2/c1-2-24-14-5-3-4-13(10-14)12-21-6-8-22(9-7-21)15-11-19-20-17(23)16(15)18/h3-5,10-11H,2,6-9,12H2,1H3,(H,20,23). The van der Waals surface area contributed by atoms with Crippen LogP contribution in [-0.4, -0.2) is 47.9 Å². The lowest BCUT2D eigenvalue weighted by atomic mass is 10.2. The molecule has 1 N–H and O–H groups in total. The van der Waals surface area contributed by atoms with Crippen LogP contribution in [0.4, 0.5) is 5.69 Å². The number of nitrogens with zero attached hydrogens (tertiary/aromatic N) is 3. The molecule has 1 aromatic heterocycles. The van der Waals surface area contributed by atoms with Crippen LogP contribution < -0.4 is 15.2 Å². The molecule has 128 valence electrons. The van der Waals surface area contributed by atoms with Crippen LogP contribution in [0.2, 0.25) is 5.02 Å². The van der Waals surface area contributed by atoms with E-state index in [-0.39, 0.29) is 10.6 Å². The van der Waals surface area contributed by atoms with Crippen molar-refractivity contribution < 1.29 is 4.74 Å². The van der Waals surface area contributed by atoms with Gasteiger partial charge in [-0.15, -0.1) is 0 Å². The van der Waals surface area contributed by atoms with Gasteiger partial charge in [-0.1, -0.05) is 23.7 Å². The van der Waals surface area contributed by atoms with Gasteiger partial charge in [0.1, 0.15) is 10.8 Å².